The molecule has 1 aromatic carbocycles. The van der Waals surface area contributed by atoms with Gasteiger partial charge in [-0.25, -0.2) is 0 Å². The van der Waals surface area contributed by atoms with Crippen LogP contribution in [0.15, 0.2) is 30.3 Å². The highest BCUT2D eigenvalue weighted by atomic mass is 15.3. The van der Waals surface area contributed by atoms with Gasteiger partial charge in [-0.15, -0.1) is 12.3 Å². The number of nitrogens with zero attached hydrogens (tertiary/aromatic N) is 1. The molecule has 1 N–H and O–H groups in total. The van der Waals surface area contributed by atoms with Crippen LogP contribution in [0.25, 0.3) is 0 Å². The summed E-state index contributed by atoms with van der Waals surface area (Å²) in [7, 11) is 0. The van der Waals surface area contributed by atoms with Crippen LogP contribution < -0.4 is 5.32 Å². The van der Waals surface area contributed by atoms with Crippen molar-refractivity contribution in [3.05, 3.63) is 35.9 Å². The molecule has 2 nitrogen and oxygen atoms in total. The Bertz CT molecular complexity index is 460. The number of hydrogen-bond donors (Lipinski definition) is 1. The first-order valence-corrected chi connectivity index (χ1v) is 8.14. The zero-order valence-corrected chi connectivity index (χ0v) is 13.5. The van der Waals surface area contributed by atoms with Gasteiger partial charge in [-0.3, -0.25) is 4.90 Å². The van der Waals surface area contributed by atoms with Crippen LogP contribution >= 0.6 is 0 Å². The van der Waals surface area contributed by atoms with E-state index in [1.807, 2.05) is 0 Å². The van der Waals surface area contributed by atoms with Gasteiger partial charge in [0.05, 0.1) is 0 Å². The highest BCUT2D eigenvalue weighted by molar-refractivity contribution is 5.20. The third-order valence-corrected chi connectivity index (χ3v) is 4.66. The number of nitrogens with one attached hydrogen (secondary N) is 1. The predicted octanol–water partition coefficient (Wildman–Crippen LogP) is 3.46. The normalized spacial score (nSPS) is 24.7. The minimum absolute atomic E-state index is 0.410. The van der Waals surface area contributed by atoms with Crippen molar-refractivity contribution in [2.45, 2.75) is 51.7 Å². The standard InChI is InChI=1S/C19H28N2/c1-5-10-17(6-2)21-14-18(16-11-8-7-9-12-16)20-13-19(21)15(3)4/h1,7-9,11-12,15,17-20H,6,10,13-14H2,2-4H3. The summed E-state index contributed by atoms with van der Waals surface area (Å²) >= 11 is 0. The summed E-state index contributed by atoms with van der Waals surface area (Å²) in [6.45, 7) is 8.96. The van der Waals surface area contributed by atoms with E-state index in [2.05, 4.69) is 67.2 Å². The first-order valence-electron chi connectivity index (χ1n) is 8.14. The largest absolute Gasteiger partial charge is 0.307 e. The van der Waals surface area contributed by atoms with E-state index >= 15 is 0 Å². The number of piperazine rings is 1. The van der Waals surface area contributed by atoms with Crippen molar-refractivity contribution in [1.82, 2.24) is 10.2 Å². The second kappa shape index (κ2) is 7.64. The lowest BCUT2D eigenvalue weighted by molar-refractivity contribution is 0.0550. The van der Waals surface area contributed by atoms with Crippen molar-refractivity contribution < 1.29 is 0 Å². The van der Waals surface area contributed by atoms with Crippen LogP contribution in [0.4, 0.5) is 0 Å². The summed E-state index contributed by atoms with van der Waals surface area (Å²) in [6.07, 6.45) is 7.56. The van der Waals surface area contributed by atoms with E-state index in [1.54, 1.807) is 0 Å². The van der Waals surface area contributed by atoms with Gasteiger partial charge < -0.3 is 5.32 Å². The smallest absolute Gasteiger partial charge is 0.0450 e. The second-order valence-corrected chi connectivity index (χ2v) is 6.35. The summed E-state index contributed by atoms with van der Waals surface area (Å²) in [5, 5.41) is 3.72. The molecule has 2 rings (SSSR count). The topological polar surface area (TPSA) is 15.3 Å². The van der Waals surface area contributed by atoms with E-state index in [0.29, 0.717) is 24.0 Å². The quantitative estimate of drug-likeness (QED) is 0.833. The van der Waals surface area contributed by atoms with Crippen LogP contribution in [0.5, 0.6) is 0 Å². The number of benzene rings is 1. The molecule has 0 radical (unpaired) electrons. The van der Waals surface area contributed by atoms with Gasteiger partial charge in [-0.2, -0.15) is 0 Å². The van der Waals surface area contributed by atoms with E-state index < -0.39 is 0 Å². The van der Waals surface area contributed by atoms with E-state index in [9.17, 15) is 0 Å². The molecule has 21 heavy (non-hydrogen) atoms. The van der Waals surface area contributed by atoms with E-state index in [0.717, 1.165) is 25.9 Å². The molecule has 3 atom stereocenters. The van der Waals surface area contributed by atoms with Crippen LogP contribution in [0.3, 0.4) is 0 Å². The Kier molecular flexibility index (Phi) is 5.85. The van der Waals surface area contributed by atoms with E-state index in [1.165, 1.54) is 5.56 Å². The summed E-state index contributed by atoms with van der Waals surface area (Å²) in [5.74, 6) is 3.51. The first-order chi connectivity index (χ1) is 10.2. The zero-order chi connectivity index (χ0) is 15.2. The maximum absolute atomic E-state index is 5.59. The molecule has 1 fully saturated rings. The molecule has 1 aromatic rings. The van der Waals surface area contributed by atoms with Gasteiger partial charge in [-0.1, -0.05) is 51.1 Å². The van der Waals surface area contributed by atoms with Gasteiger partial charge in [0.15, 0.2) is 0 Å². The van der Waals surface area contributed by atoms with E-state index in [4.69, 9.17) is 6.42 Å². The Morgan fingerprint density at radius 2 is 2.05 bits per heavy atom. The van der Waals surface area contributed by atoms with Crippen LogP contribution in [-0.2, 0) is 0 Å². The zero-order valence-electron chi connectivity index (χ0n) is 13.5. The average molecular weight is 284 g/mol. The highest BCUT2D eigenvalue weighted by Gasteiger charge is 2.33. The van der Waals surface area contributed by atoms with Crippen LogP contribution in [0.1, 0.15) is 45.2 Å². The Morgan fingerprint density at radius 3 is 2.62 bits per heavy atom. The minimum Gasteiger partial charge on any atom is -0.307 e. The first kappa shape index (κ1) is 16.1. The van der Waals surface area contributed by atoms with Crippen molar-refractivity contribution in [3.63, 3.8) is 0 Å². The molecule has 114 valence electrons. The molecular weight excluding hydrogens is 256 g/mol. The highest BCUT2D eigenvalue weighted by Crippen LogP contribution is 2.26. The van der Waals surface area contributed by atoms with Gasteiger partial charge in [0.25, 0.3) is 0 Å². The predicted molar refractivity (Wildman–Crippen MR) is 90.0 cm³/mol. The fraction of sp³-hybridized carbons (Fsp3) is 0.579. The lowest BCUT2D eigenvalue weighted by Gasteiger charge is -2.46. The molecule has 0 bridgehead atoms. The van der Waals surface area contributed by atoms with Crippen LogP contribution in [0, 0.1) is 18.3 Å². The fourth-order valence-electron chi connectivity index (χ4n) is 3.37. The third-order valence-electron chi connectivity index (χ3n) is 4.66. The SMILES string of the molecule is C#CCC(CC)N1CC(c2ccccc2)NCC1C(C)C. The van der Waals surface area contributed by atoms with Gasteiger partial charge in [0.1, 0.15) is 0 Å². The molecular formula is C19H28N2. The molecule has 0 saturated carbocycles. The minimum atomic E-state index is 0.410. The number of terminal acetylenes is 1. The molecule has 1 saturated heterocycles. The summed E-state index contributed by atoms with van der Waals surface area (Å²) < 4.78 is 0. The second-order valence-electron chi connectivity index (χ2n) is 6.35. The lowest BCUT2D eigenvalue weighted by Crippen LogP contribution is -2.58. The summed E-state index contributed by atoms with van der Waals surface area (Å²) in [5.41, 5.74) is 1.38. The number of rotatable bonds is 5. The van der Waals surface area contributed by atoms with Crippen molar-refractivity contribution in [1.29, 1.82) is 0 Å². The maximum Gasteiger partial charge on any atom is 0.0450 e. The lowest BCUT2D eigenvalue weighted by atomic mass is 9.92. The maximum atomic E-state index is 5.59. The third kappa shape index (κ3) is 3.87. The summed E-state index contributed by atoms with van der Waals surface area (Å²) in [4.78, 5) is 2.65. The molecule has 2 heteroatoms. The average Bonchev–Trinajstić information content (AvgIpc) is 2.52. The van der Waals surface area contributed by atoms with Gasteiger partial charge >= 0.3 is 0 Å². The van der Waals surface area contributed by atoms with Gasteiger partial charge in [0, 0.05) is 37.6 Å². The van der Waals surface area contributed by atoms with Crippen molar-refractivity contribution in [3.8, 4) is 12.3 Å². The Morgan fingerprint density at radius 1 is 1.33 bits per heavy atom. The van der Waals surface area contributed by atoms with E-state index in [-0.39, 0.29) is 0 Å². The summed E-state index contributed by atoms with van der Waals surface area (Å²) in [6, 6.07) is 12.2. The Balaban J connectivity index is 2.17. The molecule has 1 aliphatic rings. The van der Waals surface area contributed by atoms with Crippen molar-refractivity contribution in [2.24, 2.45) is 5.92 Å². The Hall–Kier alpha value is -1.30. The van der Waals surface area contributed by atoms with Crippen molar-refractivity contribution >= 4 is 0 Å². The molecule has 0 amide bonds. The monoisotopic (exact) mass is 284 g/mol. The van der Waals surface area contributed by atoms with Crippen molar-refractivity contribution in [2.75, 3.05) is 13.1 Å². The molecule has 1 aliphatic heterocycles. The molecule has 1 heterocycles. The molecule has 0 aromatic heterocycles. The molecule has 0 aliphatic carbocycles. The molecule has 3 unspecified atom stereocenters. The number of hydrogen-bond acceptors (Lipinski definition) is 2. The Labute approximate surface area is 129 Å². The van der Waals surface area contributed by atoms with Gasteiger partial charge in [0.2, 0.25) is 0 Å². The van der Waals surface area contributed by atoms with Crippen LogP contribution in [0.2, 0.25) is 0 Å². The van der Waals surface area contributed by atoms with Gasteiger partial charge in [-0.05, 0) is 17.9 Å². The fourth-order valence-corrected chi connectivity index (χ4v) is 3.37. The van der Waals surface area contributed by atoms with Crippen LogP contribution in [-0.4, -0.2) is 30.1 Å². The molecule has 0 spiro atoms.